The fourth-order valence-corrected chi connectivity index (χ4v) is 2.63. The predicted molar refractivity (Wildman–Crippen MR) is 78.0 cm³/mol. The van der Waals surface area contributed by atoms with Gasteiger partial charge in [-0.3, -0.25) is 0 Å². The zero-order chi connectivity index (χ0) is 14.9. The lowest BCUT2D eigenvalue weighted by atomic mass is 10.0. The number of alkyl halides is 1. The Morgan fingerprint density at radius 3 is 2.45 bits per heavy atom. The zero-order valence-corrected chi connectivity index (χ0v) is 12.7. The number of halogens is 3. The Morgan fingerprint density at radius 2 is 1.90 bits per heavy atom. The van der Waals surface area contributed by atoms with Crippen molar-refractivity contribution in [3.63, 3.8) is 0 Å². The molecule has 1 heterocycles. The highest BCUT2D eigenvalue weighted by Gasteiger charge is 2.20. The first-order valence-corrected chi connectivity index (χ1v) is 7.40. The molecule has 1 atom stereocenters. The van der Waals surface area contributed by atoms with Crippen molar-refractivity contribution in [3.8, 4) is 0 Å². The molecule has 110 valence electrons. The first-order chi connectivity index (χ1) is 9.47. The molecule has 2 aromatic rings. The topological polar surface area (TPSA) is 17.8 Å². The fraction of sp³-hybridized carbons (Fsp3) is 0.533. The van der Waals surface area contributed by atoms with Crippen LogP contribution in [0.3, 0.4) is 0 Å². The van der Waals surface area contributed by atoms with Crippen LogP contribution in [0.4, 0.5) is 8.78 Å². The Labute approximate surface area is 122 Å². The van der Waals surface area contributed by atoms with Gasteiger partial charge in [0.1, 0.15) is 17.2 Å². The maximum atomic E-state index is 13.8. The summed E-state index contributed by atoms with van der Waals surface area (Å²) >= 11 is 6.14. The van der Waals surface area contributed by atoms with Crippen LogP contribution < -0.4 is 0 Å². The number of nitrogens with zero attached hydrogens (tertiary/aromatic N) is 2. The molecule has 0 amide bonds. The number of imidazole rings is 1. The van der Waals surface area contributed by atoms with Gasteiger partial charge in [-0.05, 0) is 18.9 Å². The van der Waals surface area contributed by atoms with Crippen LogP contribution in [-0.4, -0.2) is 9.55 Å². The van der Waals surface area contributed by atoms with E-state index >= 15 is 0 Å². The van der Waals surface area contributed by atoms with Crippen LogP contribution in [0.1, 0.15) is 44.8 Å². The first-order valence-electron chi connectivity index (χ1n) is 6.97. The monoisotopic (exact) mass is 300 g/mol. The Balaban J connectivity index is 2.61. The number of aromatic nitrogens is 2. The van der Waals surface area contributed by atoms with Crippen LogP contribution in [0, 0.1) is 17.6 Å². The molecule has 1 unspecified atom stereocenters. The molecule has 0 fully saturated rings. The van der Waals surface area contributed by atoms with E-state index in [-0.39, 0.29) is 10.9 Å². The molecular formula is C15H19ClF2N2. The quantitative estimate of drug-likeness (QED) is 0.706. The van der Waals surface area contributed by atoms with Gasteiger partial charge in [-0.25, -0.2) is 13.8 Å². The zero-order valence-electron chi connectivity index (χ0n) is 12.0. The van der Waals surface area contributed by atoms with Crippen molar-refractivity contribution in [2.45, 2.75) is 45.5 Å². The maximum Gasteiger partial charge on any atom is 0.153 e. The van der Waals surface area contributed by atoms with E-state index in [0.29, 0.717) is 23.8 Å². The summed E-state index contributed by atoms with van der Waals surface area (Å²) in [6.07, 6.45) is 2.01. The van der Waals surface area contributed by atoms with Gasteiger partial charge in [-0.1, -0.05) is 26.7 Å². The van der Waals surface area contributed by atoms with Crippen molar-refractivity contribution in [2.75, 3.05) is 0 Å². The van der Waals surface area contributed by atoms with Gasteiger partial charge in [-0.2, -0.15) is 0 Å². The van der Waals surface area contributed by atoms with Gasteiger partial charge in [0.05, 0.1) is 10.9 Å². The number of fused-ring (bicyclic) bond motifs is 1. The third-order valence-corrected chi connectivity index (χ3v) is 3.95. The predicted octanol–water partition coefficient (Wildman–Crippen LogP) is 5.05. The number of benzene rings is 1. The Kier molecular flexibility index (Phi) is 4.63. The lowest BCUT2D eigenvalue weighted by Crippen LogP contribution is -2.12. The van der Waals surface area contributed by atoms with E-state index < -0.39 is 11.6 Å². The summed E-state index contributed by atoms with van der Waals surface area (Å²) in [5.74, 6) is -0.192. The van der Waals surface area contributed by atoms with Gasteiger partial charge < -0.3 is 4.57 Å². The van der Waals surface area contributed by atoms with E-state index in [0.717, 1.165) is 18.9 Å². The summed E-state index contributed by atoms with van der Waals surface area (Å²) in [7, 11) is 0. The molecule has 0 aliphatic heterocycles. The van der Waals surface area contributed by atoms with Gasteiger partial charge in [0.2, 0.25) is 0 Å². The fourth-order valence-electron chi connectivity index (χ4n) is 2.47. The van der Waals surface area contributed by atoms with Crippen LogP contribution in [0.5, 0.6) is 0 Å². The smallest absolute Gasteiger partial charge is 0.153 e. The average molecular weight is 301 g/mol. The summed E-state index contributed by atoms with van der Waals surface area (Å²) in [4.78, 5) is 4.26. The van der Waals surface area contributed by atoms with Crippen molar-refractivity contribution in [2.24, 2.45) is 5.92 Å². The number of hydrogen-bond acceptors (Lipinski definition) is 1. The van der Waals surface area contributed by atoms with Crippen LogP contribution in [0.2, 0.25) is 0 Å². The van der Waals surface area contributed by atoms with Gasteiger partial charge in [0, 0.05) is 12.6 Å². The van der Waals surface area contributed by atoms with E-state index in [2.05, 4.69) is 18.8 Å². The summed E-state index contributed by atoms with van der Waals surface area (Å²) in [5.41, 5.74) is 0.678. The molecule has 0 saturated carbocycles. The molecule has 0 bridgehead atoms. The third kappa shape index (κ3) is 2.80. The molecule has 1 aromatic carbocycles. The molecule has 0 aliphatic carbocycles. The highest BCUT2D eigenvalue weighted by molar-refractivity contribution is 6.20. The average Bonchev–Trinajstić information content (AvgIpc) is 2.75. The molecule has 2 nitrogen and oxygen atoms in total. The molecule has 2 rings (SSSR count). The second-order valence-corrected chi connectivity index (χ2v) is 5.79. The third-order valence-electron chi connectivity index (χ3n) is 3.75. The minimum Gasteiger partial charge on any atom is -0.326 e. The second kappa shape index (κ2) is 6.08. The highest BCUT2D eigenvalue weighted by Crippen LogP contribution is 2.28. The highest BCUT2D eigenvalue weighted by atomic mass is 35.5. The van der Waals surface area contributed by atoms with Crippen molar-refractivity contribution >= 4 is 22.6 Å². The Bertz CT molecular complexity index is 603. The summed E-state index contributed by atoms with van der Waals surface area (Å²) in [5, 5.41) is -0.348. The van der Waals surface area contributed by atoms with Gasteiger partial charge in [-0.15, -0.1) is 11.6 Å². The normalized spacial score (nSPS) is 13.3. The molecule has 20 heavy (non-hydrogen) atoms. The molecule has 0 spiro atoms. The van der Waals surface area contributed by atoms with E-state index in [1.165, 1.54) is 6.07 Å². The maximum absolute atomic E-state index is 13.8. The van der Waals surface area contributed by atoms with Crippen LogP contribution in [-0.2, 0) is 6.54 Å². The van der Waals surface area contributed by atoms with Gasteiger partial charge in [0.25, 0.3) is 0 Å². The van der Waals surface area contributed by atoms with E-state index in [1.807, 2.05) is 4.57 Å². The Morgan fingerprint density at radius 1 is 1.25 bits per heavy atom. The molecule has 0 N–H and O–H groups in total. The van der Waals surface area contributed by atoms with Gasteiger partial charge in [0.15, 0.2) is 5.82 Å². The van der Waals surface area contributed by atoms with Gasteiger partial charge >= 0.3 is 0 Å². The minimum absolute atomic E-state index is 0.194. The van der Waals surface area contributed by atoms with E-state index in [1.54, 1.807) is 6.92 Å². The van der Waals surface area contributed by atoms with Crippen molar-refractivity contribution in [1.29, 1.82) is 0 Å². The van der Waals surface area contributed by atoms with Crippen molar-refractivity contribution in [1.82, 2.24) is 9.55 Å². The molecule has 0 saturated heterocycles. The molecule has 0 radical (unpaired) electrons. The first kappa shape index (κ1) is 15.2. The molecule has 5 heteroatoms. The van der Waals surface area contributed by atoms with Crippen LogP contribution in [0.25, 0.3) is 11.0 Å². The second-order valence-electron chi connectivity index (χ2n) is 5.13. The molecular weight excluding hydrogens is 282 g/mol. The number of rotatable bonds is 5. The SMILES string of the molecule is CCC(CC)Cn1c(C(C)Cl)nc2c(F)cc(F)cc21. The summed E-state index contributed by atoms with van der Waals surface area (Å²) in [6.45, 7) is 6.69. The lowest BCUT2D eigenvalue weighted by Gasteiger charge is -2.17. The van der Waals surface area contributed by atoms with Crippen molar-refractivity contribution < 1.29 is 8.78 Å². The lowest BCUT2D eigenvalue weighted by molar-refractivity contribution is 0.416. The minimum atomic E-state index is -0.637. The summed E-state index contributed by atoms with van der Waals surface area (Å²) < 4.78 is 29.2. The van der Waals surface area contributed by atoms with E-state index in [4.69, 9.17) is 11.6 Å². The summed E-state index contributed by atoms with van der Waals surface area (Å²) in [6, 6.07) is 2.19. The van der Waals surface area contributed by atoms with Crippen LogP contribution in [0.15, 0.2) is 12.1 Å². The van der Waals surface area contributed by atoms with Crippen LogP contribution >= 0.6 is 11.6 Å². The molecule has 0 aliphatic rings. The molecule has 1 aromatic heterocycles. The largest absolute Gasteiger partial charge is 0.326 e. The standard InChI is InChI=1S/C15H19ClF2N2/c1-4-10(5-2)8-20-13-7-11(17)6-12(18)14(13)19-15(20)9(3)16/h6-7,9-10H,4-5,8H2,1-3H3. The van der Waals surface area contributed by atoms with Crippen molar-refractivity contribution in [3.05, 3.63) is 29.6 Å². The number of hydrogen-bond donors (Lipinski definition) is 0. The Hall–Kier alpha value is -1.16. The van der Waals surface area contributed by atoms with E-state index in [9.17, 15) is 8.78 Å².